The minimum Gasteiger partial charge on any atom is -0.342 e. The van der Waals surface area contributed by atoms with Gasteiger partial charge in [-0.25, -0.2) is 4.98 Å². The second-order valence-electron chi connectivity index (χ2n) is 9.64. The van der Waals surface area contributed by atoms with Crippen LogP contribution in [0.1, 0.15) is 72.2 Å². The Kier molecular flexibility index (Phi) is 6.78. The van der Waals surface area contributed by atoms with Crippen molar-refractivity contribution in [3.63, 3.8) is 0 Å². The molecule has 0 saturated carbocycles. The average Bonchev–Trinajstić information content (AvgIpc) is 3.21. The van der Waals surface area contributed by atoms with Crippen molar-refractivity contribution < 1.29 is 4.79 Å². The second kappa shape index (κ2) is 9.72. The zero-order valence-electron chi connectivity index (χ0n) is 19.8. The number of hydrogen-bond acceptors (Lipinski definition) is 2. The summed E-state index contributed by atoms with van der Waals surface area (Å²) in [7, 11) is 0. The van der Waals surface area contributed by atoms with Crippen LogP contribution in [0.5, 0.6) is 0 Å². The summed E-state index contributed by atoms with van der Waals surface area (Å²) in [6, 6.07) is 15.3. The van der Waals surface area contributed by atoms with Crippen molar-refractivity contribution in [1.82, 2.24) is 14.5 Å². The number of amides is 1. The van der Waals surface area contributed by atoms with Crippen LogP contribution in [0.15, 0.2) is 54.9 Å². The first-order valence-electron chi connectivity index (χ1n) is 11.8. The quantitative estimate of drug-likeness (QED) is 0.510. The van der Waals surface area contributed by atoms with Gasteiger partial charge in [0.1, 0.15) is 5.82 Å². The van der Waals surface area contributed by atoms with Crippen LogP contribution in [0.3, 0.4) is 0 Å². The summed E-state index contributed by atoms with van der Waals surface area (Å²) in [5.41, 5.74) is 6.23. The van der Waals surface area contributed by atoms with Crippen molar-refractivity contribution in [2.45, 2.75) is 65.3 Å². The Morgan fingerprint density at radius 1 is 1.00 bits per heavy atom. The summed E-state index contributed by atoms with van der Waals surface area (Å²) in [5, 5.41) is 0. The summed E-state index contributed by atoms with van der Waals surface area (Å²) in [4.78, 5) is 19.6. The van der Waals surface area contributed by atoms with Gasteiger partial charge in [-0.1, -0.05) is 67.4 Å². The zero-order valence-corrected chi connectivity index (χ0v) is 19.8. The first kappa shape index (κ1) is 22.3. The molecular formula is C28H35N3O. The number of likely N-dealkylation sites (tertiary alicyclic amines) is 1. The van der Waals surface area contributed by atoms with Gasteiger partial charge in [-0.3, -0.25) is 4.79 Å². The van der Waals surface area contributed by atoms with E-state index in [9.17, 15) is 4.79 Å². The molecule has 4 heteroatoms. The molecule has 0 radical (unpaired) electrons. The lowest BCUT2D eigenvalue weighted by molar-refractivity contribution is -0.131. The topological polar surface area (TPSA) is 38.1 Å². The van der Waals surface area contributed by atoms with E-state index >= 15 is 0 Å². The largest absolute Gasteiger partial charge is 0.342 e. The Bertz CT molecular complexity index is 1040. The minimum atomic E-state index is 0.238. The van der Waals surface area contributed by atoms with E-state index in [1.165, 1.54) is 22.3 Å². The standard InChI is InChI=1S/C28H35N3O/c1-20(2)25-7-5-23(6-8-25)19-31-14-11-29-28(31)26-9-12-30(13-10-26)27(32)18-24-16-21(3)15-22(4)17-24/h5-8,11,14-17,20,26H,9-10,12-13,18-19H2,1-4H3. The average molecular weight is 430 g/mol. The third kappa shape index (κ3) is 5.29. The van der Waals surface area contributed by atoms with Gasteiger partial charge in [-0.15, -0.1) is 0 Å². The summed E-state index contributed by atoms with van der Waals surface area (Å²) in [6.45, 7) is 11.1. The molecule has 3 aromatic rings. The Balaban J connectivity index is 1.35. The molecule has 2 aromatic carbocycles. The molecule has 4 nitrogen and oxygen atoms in total. The van der Waals surface area contributed by atoms with Crippen LogP contribution in [-0.2, 0) is 17.8 Å². The van der Waals surface area contributed by atoms with Gasteiger partial charge < -0.3 is 9.47 Å². The van der Waals surface area contributed by atoms with Crippen molar-refractivity contribution in [1.29, 1.82) is 0 Å². The Morgan fingerprint density at radius 3 is 2.28 bits per heavy atom. The smallest absolute Gasteiger partial charge is 0.226 e. The highest BCUT2D eigenvalue weighted by atomic mass is 16.2. The molecule has 32 heavy (non-hydrogen) atoms. The number of imidazole rings is 1. The van der Waals surface area contributed by atoms with E-state index in [4.69, 9.17) is 4.98 Å². The summed E-state index contributed by atoms with van der Waals surface area (Å²) >= 11 is 0. The fraction of sp³-hybridized carbons (Fsp3) is 0.429. The number of carbonyl (C=O) groups is 1. The van der Waals surface area contributed by atoms with Crippen LogP contribution in [-0.4, -0.2) is 33.4 Å². The number of piperidine rings is 1. The lowest BCUT2D eigenvalue weighted by atomic mass is 9.95. The fourth-order valence-electron chi connectivity index (χ4n) is 4.86. The molecule has 0 aliphatic carbocycles. The van der Waals surface area contributed by atoms with Gasteiger partial charge in [0.25, 0.3) is 0 Å². The SMILES string of the molecule is Cc1cc(C)cc(CC(=O)N2CCC(c3nccn3Cc3ccc(C(C)C)cc3)CC2)c1. The number of carbonyl (C=O) groups excluding carboxylic acids is 1. The van der Waals surface area contributed by atoms with E-state index in [0.717, 1.165) is 43.9 Å². The lowest BCUT2D eigenvalue weighted by Gasteiger charge is -2.32. The molecule has 0 unspecified atom stereocenters. The third-order valence-corrected chi connectivity index (χ3v) is 6.60. The summed E-state index contributed by atoms with van der Waals surface area (Å²) < 4.78 is 2.28. The Labute approximate surface area is 192 Å². The minimum absolute atomic E-state index is 0.238. The number of hydrogen-bond donors (Lipinski definition) is 0. The molecule has 0 atom stereocenters. The number of aryl methyl sites for hydroxylation is 2. The lowest BCUT2D eigenvalue weighted by Crippen LogP contribution is -2.39. The predicted octanol–water partition coefficient (Wildman–Crippen LogP) is 5.62. The maximum absolute atomic E-state index is 12.9. The highest BCUT2D eigenvalue weighted by molar-refractivity contribution is 5.79. The van der Waals surface area contributed by atoms with Gasteiger partial charge in [0.15, 0.2) is 0 Å². The Hall–Kier alpha value is -2.88. The molecule has 0 spiro atoms. The van der Waals surface area contributed by atoms with E-state index in [1.807, 2.05) is 11.1 Å². The maximum Gasteiger partial charge on any atom is 0.226 e. The van der Waals surface area contributed by atoms with Crippen LogP contribution < -0.4 is 0 Å². The Morgan fingerprint density at radius 2 is 1.66 bits per heavy atom. The van der Waals surface area contributed by atoms with Crippen LogP contribution >= 0.6 is 0 Å². The van der Waals surface area contributed by atoms with Crippen molar-refractivity contribution in [3.8, 4) is 0 Å². The zero-order chi connectivity index (χ0) is 22.7. The molecule has 1 saturated heterocycles. The number of aromatic nitrogens is 2. The summed E-state index contributed by atoms with van der Waals surface area (Å²) in [6.07, 6.45) is 6.44. The predicted molar refractivity (Wildman–Crippen MR) is 130 cm³/mol. The van der Waals surface area contributed by atoms with E-state index in [1.54, 1.807) is 0 Å². The first-order chi connectivity index (χ1) is 15.4. The highest BCUT2D eigenvalue weighted by Crippen LogP contribution is 2.28. The molecule has 1 aromatic heterocycles. The van der Waals surface area contributed by atoms with Crippen molar-refractivity contribution in [2.24, 2.45) is 0 Å². The van der Waals surface area contributed by atoms with Crippen LogP contribution in [0.4, 0.5) is 0 Å². The summed E-state index contributed by atoms with van der Waals surface area (Å²) in [5.74, 6) is 2.35. The maximum atomic E-state index is 12.9. The van der Waals surface area contributed by atoms with Gasteiger partial charge in [0, 0.05) is 37.9 Å². The fourth-order valence-corrected chi connectivity index (χ4v) is 4.86. The molecule has 4 rings (SSSR count). The van der Waals surface area contributed by atoms with E-state index in [-0.39, 0.29) is 5.91 Å². The third-order valence-electron chi connectivity index (χ3n) is 6.60. The number of benzene rings is 2. The highest BCUT2D eigenvalue weighted by Gasteiger charge is 2.26. The number of rotatable bonds is 6. The van der Waals surface area contributed by atoms with Crippen molar-refractivity contribution >= 4 is 5.91 Å². The number of nitrogens with zero attached hydrogens (tertiary/aromatic N) is 3. The molecule has 2 heterocycles. The van der Waals surface area contributed by atoms with Crippen LogP contribution in [0.25, 0.3) is 0 Å². The van der Waals surface area contributed by atoms with Crippen molar-refractivity contribution in [3.05, 3.63) is 88.5 Å². The molecule has 0 bridgehead atoms. The van der Waals surface area contributed by atoms with Gasteiger partial charge >= 0.3 is 0 Å². The first-order valence-corrected chi connectivity index (χ1v) is 11.8. The van der Waals surface area contributed by atoms with Gasteiger partial charge in [-0.2, -0.15) is 0 Å². The van der Waals surface area contributed by atoms with Gasteiger partial charge in [-0.05, 0) is 49.3 Å². The van der Waals surface area contributed by atoms with Crippen LogP contribution in [0, 0.1) is 13.8 Å². The molecule has 1 amide bonds. The molecular weight excluding hydrogens is 394 g/mol. The molecule has 0 N–H and O–H groups in total. The van der Waals surface area contributed by atoms with E-state index in [2.05, 4.69) is 80.9 Å². The molecule has 1 aliphatic rings. The van der Waals surface area contributed by atoms with E-state index < -0.39 is 0 Å². The van der Waals surface area contributed by atoms with Crippen LogP contribution in [0.2, 0.25) is 0 Å². The monoisotopic (exact) mass is 429 g/mol. The molecule has 1 fully saturated rings. The van der Waals surface area contributed by atoms with E-state index in [0.29, 0.717) is 18.3 Å². The molecule has 168 valence electrons. The normalized spacial score (nSPS) is 14.8. The molecule has 1 aliphatic heterocycles. The van der Waals surface area contributed by atoms with Crippen molar-refractivity contribution in [2.75, 3.05) is 13.1 Å². The van der Waals surface area contributed by atoms with Gasteiger partial charge in [0.2, 0.25) is 5.91 Å². The second-order valence-corrected chi connectivity index (χ2v) is 9.64. The van der Waals surface area contributed by atoms with Gasteiger partial charge in [0.05, 0.1) is 6.42 Å².